The van der Waals surface area contributed by atoms with Crippen molar-refractivity contribution in [1.82, 2.24) is 25.2 Å². The van der Waals surface area contributed by atoms with Crippen LogP contribution in [-0.4, -0.2) is 32.6 Å². The van der Waals surface area contributed by atoms with E-state index in [1.165, 1.54) is 0 Å². The van der Waals surface area contributed by atoms with Gasteiger partial charge in [-0.25, -0.2) is 0 Å². The third-order valence-corrected chi connectivity index (χ3v) is 2.88. The molecular weight excluding hydrogens is 254 g/mol. The average molecular weight is 275 g/mol. The Balaban J connectivity index is 2.01. The summed E-state index contributed by atoms with van der Waals surface area (Å²) in [6.45, 7) is 8.25. The molecule has 6 heteroatoms. The van der Waals surface area contributed by atoms with Crippen molar-refractivity contribution >= 4 is 11.6 Å². The highest BCUT2D eigenvalue weighted by Crippen LogP contribution is 2.11. The van der Waals surface area contributed by atoms with Crippen LogP contribution in [0.2, 0.25) is 0 Å². The van der Waals surface area contributed by atoms with Crippen LogP contribution < -0.4 is 10.6 Å². The van der Waals surface area contributed by atoms with Crippen molar-refractivity contribution in [1.29, 1.82) is 0 Å². The molecule has 0 saturated heterocycles. The summed E-state index contributed by atoms with van der Waals surface area (Å²) < 4.78 is 1.88. The molecule has 108 valence electrons. The van der Waals surface area contributed by atoms with Crippen LogP contribution in [0.5, 0.6) is 0 Å². The van der Waals surface area contributed by atoms with Crippen LogP contribution >= 0.6 is 0 Å². The third-order valence-electron chi connectivity index (χ3n) is 2.88. The number of carbonyl (C=O) groups excluding carboxylic acids is 1. The molecule has 20 heavy (non-hydrogen) atoms. The number of rotatable bonds is 4. The molecule has 1 amide bonds. The quantitative estimate of drug-likeness (QED) is 0.882. The Morgan fingerprint density at radius 3 is 2.80 bits per heavy atom. The number of hydrogen-bond acceptors (Lipinski definition) is 4. The number of pyridine rings is 1. The second kappa shape index (κ2) is 5.58. The Kier molecular flexibility index (Phi) is 4.04. The van der Waals surface area contributed by atoms with E-state index in [1.54, 1.807) is 0 Å². The summed E-state index contributed by atoms with van der Waals surface area (Å²) in [4.78, 5) is 11.9. The molecule has 0 radical (unpaired) electrons. The minimum atomic E-state index is -0.193. The molecule has 1 atom stereocenters. The zero-order chi connectivity index (χ0) is 14.8. The summed E-state index contributed by atoms with van der Waals surface area (Å²) in [7, 11) is 0. The van der Waals surface area contributed by atoms with Crippen molar-refractivity contribution in [2.24, 2.45) is 0 Å². The van der Waals surface area contributed by atoms with Crippen LogP contribution in [0.15, 0.2) is 24.4 Å². The lowest BCUT2D eigenvalue weighted by Gasteiger charge is -2.21. The maximum absolute atomic E-state index is 11.9. The van der Waals surface area contributed by atoms with Crippen molar-refractivity contribution in [2.45, 2.75) is 39.3 Å². The summed E-state index contributed by atoms with van der Waals surface area (Å²) in [5, 5.41) is 14.3. The lowest BCUT2D eigenvalue weighted by molar-refractivity contribution is -0.121. The monoisotopic (exact) mass is 275 g/mol. The summed E-state index contributed by atoms with van der Waals surface area (Å²) in [5.74, 6) is 0.671. The normalized spacial score (nSPS) is 13.4. The first-order valence-electron chi connectivity index (χ1n) is 6.71. The third kappa shape index (κ3) is 3.54. The Labute approximate surface area is 118 Å². The van der Waals surface area contributed by atoms with Gasteiger partial charge in [0.1, 0.15) is 0 Å². The molecule has 0 bridgehead atoms. The average Bonchev–Trinajstić information content (AvgIpc) is 2.79. The van der Waals surface area contributed by atoms with E-state index in [0.29, 0.717) is 0 Å². The second-order valence-electron chi connectivity index (χ2n) is 5.88. The highest BCUT2D eigenvalue weighted by Gasteiger charge is 2.17. The number of carbonyl (C=O) groups is 1. The maximum Gasteiger partial charge on any atom is 0.234 e. The molecule has 0 spiro atoms. The summed E-state index contributed by atoms with van der Waals surface area (Å²) >= 11 is 0. The molecular formula is C14H21N5O. The summed E-state index contributed by atoms with van der Waals surface area (Å²) in [6, 6.07) is 5.51. The lowest BCUT2D eigenvalue weighted by Crippen LogP contribution is -2.43. The van der Waals surface area contributed by atoms with Gasteiger partial charge in [-0.15, -0.1) is 10.2 Å². The second-order valence-corrected chi connectivity index (χ2v) is 5.88. The molecule has 2 aromatic rings. The molecule has 0 aliphatic carbocycles. The van der Waals surface area contributed by atoms with Crippen molar-refractivity contribution < 1.29 is 4.79 Å². The van der Waals surface area contributed by atoms with E-state index in [2.05, 4.69) is 20.8 Å². The zero-order valence-corrected chi connectivity index (χ0v) is 12.3. The largest absolute Gasteiger partial charge is 0.345 e. The maximum atomic E-state index is 11.9. The number of nitrogens with zero attached hydrogens (tertiary/aromatic N) is 3. The van der Waals surface area contributed by atoms with Gasteiger partial charge in [0.25, 0.3) is 0 Å². The van der Waals surface area contributed by atoms with Crippen LogP contribution in [0.4, 0.5) is 0 Å². The van der Waals surface area contributed by atoms with Crippen LogP contribution in [0.3, 0.4) is 0 Å². The lowest BCUT2D eigenvalue weighted by atomic mass is 10.1. The van der Waals surface area contributed by atoms with Crippen molar-refractivity contribution in [3.63, 3.8) is 0 Å². The predicted molar refractivity (Wildman–Crippen MR) is 77.3 cm³/mol. The number of hydrogen-bond donors (Lipinski definition) is 2. The van der Waals surface area contributed by atoms with Gasteiger partial charge in [0.2, 0.25) is 5.91 Å². The first-order valence-corrected chi connectivity index (χ1v) is 6.71. The minimum absolute atomic E-state index is 0.0555. The van der Waals surface area contributed by atoms with Gasteiger partial charge in [-0.1, -0.05) is 6.07 Å². The zero-order valence-electron chi connectivity index (χ0n) is 12.3. The number of aromatic nitrogens is 3. The Morgan fingerprint density at radius 2 is 2.10 bits per heavy atom. The SMILES string of the molecule is CC(NC(=O)CNC(C)(C)C)c1nnc2ccccn12. The minimum Gasteiger partial charge on any atom is -0.345 e. The fourth-order valence-electron chi connectivity index (χ4n) is 1.86. The van der Waals surface area contributed by atoms with Crippen molar-refractivity contribution in [3.05, 3.63) is 30.2 Å². The highest BCUT2D eigenvalue weighted by molar-refractivity contribution is 5.78. The standard InChI is InChI=1S/C14H21N5O/c1-10(16-12(20)9-15-14(2,3)4)13-18-17-11-7-5-6-8-19(11)13/h5-8,10,15H,9H2,1-4H3,(H,16,20). The van der Waals surface area contributed by atoms with Crippen molar-refractivity contribution in [3.8, 4) is 0 Å². The van der Waals surface area contributed by atoms with Gasteiger partial charge in [-0.2, -0.15) is 0 Å². The molecule has 2 aromatic heterocycles. The molecule has 2 heterocycles. The smallest absolute Gasteiger partial charge is 0.234 e. The number of fused-ring (bicyclic) bond motifs is 1. The molecule has 1 unspecified atom stereocenters. The molecule has 0 aromatic carbocycles. The van der Waals surface area contributed by atoms with E-state index >= 15 is 0 Å². The summed E-state index contributed by atoms with van der Waals surface area (Å²) in [5.41, 5.74) is 0.693. The fourth-order valence-corrected chi connectivity index (χ4v) is 1.86. The molecule has 0 aliphatic heterocycles. The van der Waals surface area contributed by atoms with Gasteiger partial charge in [0, 0.05) is 11.7 Å². The highest BCUT2D eigenvalue weighted by atomic mass is 16.2. The van der Waals surface area contributed by atoms with Gasteiger partial charge >= 0.3 is 0 Å². The first kappa shape index (κ1) is 14.5. The molecule has 0 aliphatic rings. The molecule has 6 nitrogen and oxygen atoms in total. The van der Waals surface area contributed by atoms with Crippen LogP contribution in [0.1, 0.15) is 39.6 Å². The Morgan fingerprint density at radius 1 is 1.35 bits per heavy atom. The topological polar surface area (TPSA) is 71.3 Å². The number of nitrogens with one attached hydrogen (secondary N) is 2. The van der Waals surface area contributed by atoms with E-state index < -0.39 is 0 Å². The number of amides is 1. The Hall–Kier alpha value is -1.95. The van der Waals surface area contributed by atoms with Gasteiger partial charge < -0.3 is 10.6 Å². The molecule has 2 N–H and O–H groups in total. The first-order chi connectivity index (χ1) is 9.37. The van der Waals surface area contributed by atoms with Crippen molar-refractivity contribution in [2.75, 3.05) is 6.54 Å². The van der Waals surface area contributed by atoms with E-state index in [0.717, 1.165) is 11.5 Å². The van der Waals surface area contributed by atoms with Gasteiger partial charge in [0.05, 0.1) is 12.6 Å². The predicted octanol–water partition coefficient (Wildman–Crippen LogP) is 1.29. The summed E-state index contributed by atoms with van der Waals surface area (Å²) in [6.07, 6.45) is 1.89. The Bertz CT molecular complexity index is 599. The van der Waals surface area contributed by atoms with E-state index in [-0.39, 0.29) is 24.0 Å². The van der Waals surface area contributed by atoms with Crippen LogP contribution in [0, 0.1) is 0 Å². The van der Waals surface area contributed by atoms with Crippen LogP contribution in [0.25, 0.3) is 5.65 Å². The molecule has 0 fully saturated rings. The van der Waals surface area contributed by atoms with E-state index in [1.807, 2.05) is 56.5 Å². The molecule has 0 saturated carbocycles. The van der Waals surface area contributed by atoms with E-state index in [9.17, 15) is 4.79 Å². The van der Waals surface area contributed by atoms with Gasteiger partial charge in [0.15, 0.2) is 11.5 Å². The van der Waals surface area contributed by atoms with Gasteiger partial charge in [-0.3, -0.25) is 9.20 Å². The van der Waals surface area contributed by atoms with Gasteiger partial charge in [-0.05, 0) is 39.8 Å². The van der Waals surface area contributed by atoms with E-state index in [4.69, 9.17) is 0 Å². The van der Waals surface area contributed by atoms with Crippen LogP contribution in [-0.2, 0) is 4.79 Å². The molecule has 2 rings (SSSR count). The fraction of sp³-hybridized carbons (Fsp3) is 0.500.